The van der Waals surface area contributed by atoms with Crippen molar-refractivity contribution in [2.24, 2.45) is 22.0 Å². The minimum atomic E-state index is 0.168. The molecule has 158 valence electrons. The highest BCUT2D eigenvalue weighted by molar-refractivity contribution is 6.37. The maximum Gasteiger partial charge on any atom is 0.0656 e. The van der Waals surface area contributed by atoms with Crippen LogP contribution in [0.1, 0.15) is 38.8 Å². The van der Waals surface area contributed by atoms with E-state index in [9.17, 15) is 0 Å². The lowest BCUT2D eigenvalue weighted by molar-refractivity contribution is 0.864. The smallest absolute Gasteiger partial charge is 0.0656 e. The van der Waals surface area contributed by atoms with Crippen molar-refractivity contribution < 1.29 is 0 Å². The van der Waals surface area contributed by atoms with Gasteiger partial charge in [0.25, 0.3) is 0 Å². The molecule has 0 atom stereocenters. The van der Waals surface area contributed by atoms with Gasteiger partial charge in [0.2, 0.25) is 0 Å². The Balaban J connectivity index is 2.36. The van der Waals surface area contributed by atoms with E-state index in [-0.39, 0.29) is 11.8 Å². The van der Waals surface area contributed by atoms with E-state index in [1.165, 1.54) is 0 Å². The van der Waals surface area contributed by atoms with Crippen molar-refractivity contribution in [1.29, 1.82) is 0 Å². The number of hydrogen-bond donors (Lipinski definition) is 0. The molecule has 0 N–H and O–H groups in total. The Hall–Kier alpha value is -1.58. The van der Waals surface area contributed by atoms with Crippen LogP contribution in [0.25, 0.3) is 12.2 Å². The van der Waals surface area contributed by atoms with E-state index in [2.05, 4.69) is 37.9 Å². The van der Waals surface area contributed by atoms with Gasteiger partial charge in [0.15, 0.2) is 0 Å². The lowest BCUT2D eigenvalue weighted by atomic mass is 10.1. The molecule has 0 bridgehead atoms. The summed E-state index contributed by atoms with van der Waals surface area (Å²) in [5.74, 6) is 0.336. The molecule has 0 unspecified atom stereocenters. The van der Waals surface area contributed by atoms with Crippen LogP contribution in [-0.4, -0.2) is 11.4 Å². The van der Waals surface area contributed by atoms with Gasteiger partial charge in [-0.15, -0.1) is 0 Å². The third-order valence-electron chi connectivity index (χ3n) is 4.30. The van der Waals surface area contributed by atoms with Crippen molar-refractivity contribution in [3.8, 4) is 0 Å². The Morgan fingerprint density at radius 1 is 0.633 bits per heavy atom. The first-order valence-corrected chi connectivity index (χ1v) is 11.1. The summed E-state index contributed by atoms with van der Waals surface area (Å²) in [7, 11) is 0. The van der Waals surface area contributed by atoms with E-state index >= 15 is 0 Å². The topological polar surface area (TPSA) is 24.7 Å². The monoisotopic (exact) mass is 480 g/mol. The molecule has 0 saturated carbocycles. The van der Waals surface area contributed by atoms with E-state index in [1.807, 2.05) is 36.4 Å². The summed E-state index contributed by atoms with van der Waals surface area (Å²) >= 11 is 25.0. The zero-order chi connectivity index (χ0) is 22.3. The number of rotatable bonds is 7. The van der Waals surface area contributed by atoms with Gasteiger partial charge in [-0.3, -0.25) is 0 Å². The van der Waals surface area contributed by atoms with E-state index in [1.54, 1.807) is 24.3 Å². The second-order valence-electron chi connectivity index (χ2n) is 7.30. The Labute approximate surface area is 198 Å². The average Bonchev–Trinajstić information content (AvgIpc) is 2.66. The molecule has 30 heavy (non-hydrogen) atoms. The van der Waals surface area contributed by atoms with Gasteiger partial charge in [-0.1, -0.05) is 98.4 Å². The molecule has 2 rings (SSSR count). The van der Waals surface area contributed by atoms with Crippen molar-refractivity contribution in [2.75, 3.05) is 0 Å². The van der Waals surface area contributed by atoms with Gasteiger partial charge in [0.05, 0.1) is 11.4 Å². The molecule has 2 nitrogen and oxygen atoms in total. The van der Waals surface area contributed by atoms with Crippen molar-refractivity contribution in [3.63, 3.8) is 0 Å². The zero-order valence-corrected chi connectivity index (χ0v) is 20.4. The van der Waals surface area contributed by atoms with Crippen molar-refractivity contribution in [1.82, 2.24) is 0 Å². The number of nitrogens with zero attached hydrogens (tertiary/aromatic N) is 2. The molecule has 0 aromatic heterocycles. The molecule has 0 amide bonds. The van der Waals surface area contributed by atoms with Gasteiger partial charge in [-0.25, -0.2) is 0 Å². The van der Waals surface area contributed by atoms with Crippen LogP contribution in [-0.2, 0) is 0 Å². The van der Waals surface area contributed by atoms with Crippen LogP contribution in [0.5, 0.6) is 0 Å². The van der Waals surface area contributed by atoms with Crippen molar-refractivity contribution >= 4 is 70.0 Å². The molecule has 0 aliphatic rings. The molecule has 0 aliphatic heterocycles. The molecule has 2 aromatic rings. The maximum absolute atomic E-state index is 6.25. The Morgan fingerprint density at radius 3 is 1.20 bits per heavy atom. The summed E-state index contributed by atoms with van der Waals surface area (Å²) < 4.78 is 0. The number of hydrogen-bond acceptors (Lipinski definition) is 2. The SMILES string of the molecule is CC(C)C(/C=C/c1c(Cl)cccc1Cl)=N\N=C(\C=C\c1c(Cl)cccc1Cl)C(C)C. The van der Waals surface area contributed by atoms with Gasteiger partial charge >= 0.3 is 0 Å². The molecule has 0 radical (unpaired) electrons. The van der Waals surface area contributed by atoms with Gasteiger partial charge in [0.1, 0.15) is 0 Å². The third kappa shape index (κ3) is 6.99. The number of allylic oxidation sites excluding steroid dienone is 2. The first-order chi connectivity index (χ1) is 14.2. The van der Waals surface area contributed by atoms with E-state index < -0.39 is 0 Å². The standard InChI is InChI=1S/C24H24Cl4N2/c1-15(2)23(13-11-17-19(25)7-5-8-20(17)26)29-30-24(16(3)4)14-12-18-21(27)9-6-10-22(18)28/h5-16H,1-4H3/b13-11+,14-12+,29-23-,30-24-. The summed E-state index contributed by atoms with van der Waals surface area (Å²) in [6, 6.07) is 10.8. The van der Waals surface area contributed by atoms with Crippen LogP contribution in [0, 0.1) is 11.8 Å². The molecular formula is C24H24Cl4N2. The highest BCUT2D eigenvalue weighted by Gasteiger charge is 2.07. The molecule has 2 aromatic carbocycles. The van der Waals surface area contributed by atoms with Gasteiger partial charge < -0.3 is 0 Å². The second-order valence-corrected chi connectivity index (χ2v) is 8.93. The van der Waals surface area contributed by atoms with E-state index in [4.69, 9.17) is 46.4 Å². The lowest BCUT2D eigenvalue weighted by Gasteiger charge is -2.07. The molecular weight excluding hydrogens is 458 g/mol. The predicted octanol–water partition coefficient (Wildman–Crippen LogP) is 9.14. The minimum absolute atomic E-state index is 0.168. The Bertz CT molecular complexity index is 880. The molecule has 0 aliphatic carbocycles. The van der Waals surface area contributed by atoms with Crippen molar-refractivity contribution in [2.45, 2.75) is 27.7 Å². The fourth-order valence-corrected chi connectivity index (χ4v) is 3.52. The van der Waals surface area contributed by atoms with Gasteiger partial charge in [-0.05, 0) is 48.3 Å². The fourth-order valence-electron chi connectivity index (χ4n) is 2.48. The second kappa shape index (κ2) is 11.7. The Kier molecular flexibility index (Phi) is 9.64. The highest BCUT2D eigenvalue weighted by atomic mass is 35.5. The van der Waals surface area contributed by atoms with Gasteiger partial charge in [0, 0.05) is 31.2 Å². The first-order valence-electron chi connectivity index (χ1n) is 9.60. The molecule has 0 spiro atoms. The normalized spacial score (nSPS) is 13.4. The molecule has 0 heterocycles. The van der Waals surface area contributed by atoms with Crippen LogP contribution >= 0.6 is 46.4 Å². The molecule has 0 saturated heterocycles. The summed E-state index contributed by atoms with van der Waals surface area (Å²) in [4.78, 5) is 0. The fraction of sp³-hybridized carbons (Fsp3) is 0.250. The minimum Gasteiger partial charge on any atom is -0.155 e. The lowest BCUT2D eigenvalue weighted by Crippen LogP contribution is -2.06. The average molecular weight is 482 g/mol. The van der Waals surface area contributed by atoms with Crippen molar-refractivity contribution in [3.05, 3.63) is 79.8 Å². The first kappa shape index (κ1) is 24.7. The van der Waals surface area contributed by atoms with Crippen LogP contribution < -0.4 is 0 Å². The van der Waals surface area contributed by atoms with Crippen LogP contribution in [0.2, 0.25) is 20.1 Å². The van der Waals surface area contributed by atoms with E-state index in [0.717, 1.165) is 22.6 Å². The summed E-state index contributed by atoms with van der Waals surface area (Å²) in [6.45, 7) is 8.23. The maximum atomic E-state index is 6.25. The highest BCUT2D eigenvalue weighted by Crippen LogP contribution is 2.27. The summed E-state index contributed by atoms with van der Waals surface area (Å²) in [5, 5.41) is 11.3. The number of benzene rings is 2. The Morgan fingerprint density at radius 2 is 0.933 bits per heavy atom. The predicted molar refractivity (Wildman–Crippen MR) is 136 cm³/mol. The number of halogens is 4. The quantitative estimate of drug-likeness (QED) is 0.278. The zero-order valence-electron chi connectivity index (χ0n) is 17.3. The van der Waals surface area contributed by atoms with E-state index in [0.29, 0.717) is 20.1 Å². The molecule has 0 fully saturated rings. The summed E-state index contributed by atoms with van der Waals surface area (Å²) in [5.41, 5.74) is 3.15. The van der Waals surface area contributed by atoms with Crippen LogP contribution in [0.15, 0.2) is 58.8 Å². The van der Waals surface area contributed by atoms with Gasteiger partial charge in [-0.2, -0.15) is 10.2 Å². The third-order valence-corrected chi connectivity index (χ3v) is 5.62. The van der Waals surface area contributed by atoms with Crippen LogP contribution in [0.3, 0.4) is 0 Å². The largest absolute Gasteiger partial charge is 0.155 e. The van der Waals surface area contributed by atoms with Crippen LogP contribution in [0.4, 0.5) is 0 Å². The molecule has 6 heteroatoms. The summed E-state index contributed by atoms with van der Waals surface area (Å²) in [6.07, 6.45) is 7.53.